The average Bonchev–Trinajstić information content (AvgIpc) is 2.59. The number of aromatic nitrogens is 1. The van der Waals surface area contributed by atoms with E-state index in [-0.39, 0.29) is 17.2 Å². The molecule has 1 amide bonds. The number of ether oxygens (including phenoxy) is 1. The molecule has 5 heteroatoms. The molecule has 0 aliphatic carbocycles. The van der Waals surface area contributed by atoms with Crippen molar-refractivity contribution in [2.24, 2.45) is 0 Å². The Kier molecular flexibility index (Phi) is 4.10. The van der Waals surface area contributed by atoms with Crippen molar-refractivity contribution in [1.29, 1.82) is 0 Å². The third kappa shape index (κ3) is 3.23. The van der Waals surface area contributed by atoms with E-state index < -0.39 is 0 Å². The zero-order chi connectivity index (χ0) is 16.2. The fraction of sp³-hybridized carbons (Fsp3) is 0.111. The van der Waals surface area contributed by atoms with Crippen LogP contribution in [0.2, 0.25) is 0 Å². The largest absolute Gasteiger partial charge is 0.507 e. The number of carbonyl (C=O) groups is 1. The molecule has 5 nitrogen and oxygen atoms in total. The van der Waals surface area contributed by atoms with E-state index >= 15 is 0 Å². The Bertz CT molecular complexity index is 845. The number of nitrogens with zero attached hydrogens (tertiary/aromatic N) is 1. The van der Waals surface area contributed by atoms with Crippen molar-refractivity contribution in [2.45, 2.75) is 6.54 Å². The molecule has 0 saturated carbocycles. The maximum atomic E-state index is 12.3. The maximum Gasteiger partial charge on any atom is 0.255 e. The summed E-state index contributed by atoms with van der Waals surface area (Å²) in [6.07, 6.45) is 1.64. The number of hydrogen-bond donors (Lipinski definition) is 2. The molecule has 0 spiro atoms. The lowest BCUT2D eigenvalue weighted by atomic mass is 10.1. The molecule has 0 fully saturated rings. The summed E-state index contributed by atoms with van der Waals surface area (Å²) in [4.78, 5) is 16.4. The standard InChI is InChI=1S/C18H16N2O3/c1-23-17-7-6-12(10-19-17)11-20-18(22)15-8-13-4-2-3-5-14(13)9-16(15)21/h2-10,21H,11H2,1H3,(H,20,22). The molecule has 0 bridgehead atoms. The number of phenols is 1. The van der Waals surface area contributed by atoms with E-state index in [2.05, 4.69) is 10.3 Å². The number of fused-ring (bicyclic) bond motifs is 1. The molecular weight excluding hydrogens is 292 g/mol. The van der Waals surface area contributed by atoms with Crippen LogP contribution in [0.3, 0.4) is 0 Å². The lowest BCUT2D eigenvalue weighted by Crippen LogP contribution is -2.23. The van der Waals surface area contributed by atoms with Gasteiger partial charge in [-0.15, -0.1) is 0 Å². The topological polar surface area (TPSA) is 71.5 Å². The highest BCUT2D eigenvalue weighted by Gasteiger charge is 2.12. The zero-order valence-electron chi connectivity index (χ0n) is 12.6. The predicted molar refractivity (Wildman–Crippen MR) is 87.6 cm³/mol. The second-order valence-electron chi connectivity index (χ2n) is 5.11. The van der Waals surface area contributed by atoms with Gasteiger partial charge in [0.1, 0.15) is 5.75 Å². The molecule has 0 saturated heterocycles. The SMILES string of the molecule is COc1ccc(CNC(=O)c2cc3ccccc3cc2O)cn1. The van der Waals surface area contributed by atoms with E-state index in [4.69, 9.17) is 4.74 Å². The molecule has 3 rings (SSSR count). The minimum absolute atomic E-state index is 0.0333. The van der Waals surface area contributed by atoms with E-state index in [0.717, 1.165) is 16.3 Å². The van der Waals surface area contributed by atoms with Gasteiger partial charge in [0.2, 0.25) is 5.88 Å². The molecule has 116 valence electrons. The average molecular weight is 308 g/mol. The molecule has 0 radical (unpaired) electrons. The van der Waals surface area contributed by atoms with Crippen LogP contribution in [0.25, 0.3) is 10.8 Å². The fourth-order valence-corrected chi connectivity index (χ4v) is 2.32. The van der Waals surface area contributed by atoms with Gasteiger partial charge >= 0.3 is 0 Å². The molecule has 2 aromatic carbocycles. The Morgan fingerprint density at radius 1 is 1.17 bits per heavy atom. The van der Waals surface area contributed by atoms with E-state index in [1.54, 1.807) is 31.5 Å². The minimum atomic E-state index is -0.330. The monoisotopic (exact) mass is 308 g/mol. The van der Waals surface area contributed by atoms with E-state index in [0.29, 0.717) is 12.4 Å². The highest BCUT2D eigenvalue weighted by molar-refractivity contribution is 6.01. The molecule has 0 aliphatic rings. The quantitative estimate of drug-likeness (QED) is 0.777. The number of pyridine rings is 1. The summed E-state index contributed by atoms with van der Waals surface area (Å²) in [5, 5.41) is 14.6. The number of carbonyl (C=O) groups excluding carboxylic acids is 1. The van der Waals surface area contributed by atoms with Crippen molar-refractivity contribution in [1.82, 2.24) is 10.3 Å². The van der Waals surface area contributed by atoms with Crippen molar-refractivity contribution in [3.8, 4) is 11.6 Å². The first-order chi connectivity index (χ1) is 11.2. The molecule has 0 aliphatic heterocycles. The second kappa shape index (κ2) is 6.36. The van der Waals surface area contributed by atoms with Gasteiger partial charge in [-0.2, -0.15) is 0 Å². The highest BCUT2D eigenvalue weighted by Crippen LogP contribution is 2.24. The van der Waals surface area contributed by atoms with Crippen LogP contribution in [0.5, 0.6) is 11.6 Å². The van der Waals surface area contributed by atoms with Crippen LogP contribution in [0.1, 0.15) is 15.9 Å². The first-order valence-electron chi connectivity index (χ1n) is 7.16. The van der Waals surface area contributed by atoms with Gasteiger partial charge in [0.15, 0.2) is 0 Å². The number of amides is 1. The fourth-order valence-electron chi connectivity index (χ4n) is 2.32. The Hall–Kier alpha value is -3.08. The Morgan fingerprint density at radius 2 is 1.91 bits per heavy atom. The van der Waals surface area contributed by atoms with Gasteiger partial charge in [0.05, 0.1) is 12.7 Å². The van der Waals surface area contributed by atoms with Gasteiger partial charge in [0, 0.05) is 18.8 Å². The summed E-state index contributed by atoms with van der Waals surface area (Å²) in [6, 6.07) is 14.4. The molecular formula is C18H16N2O3. The number of phenolic OH excluding ortho intramolecular Hbond substituents is 1. The lowest BCUT2D eigenvalue weighted by molar-refractivity contribution is 0.0948. The Balaban J connectivity index is 1.76. The Labute approximate surface area is 133 Å². The van der Waals surface area contributed by atoms with Crippen molar-refractivity contribution in [3.05, 3.63) is 65.9 Å². The summed E-state index contributed by atoms with van der Waals surface area (Å²) in [6.45, 7) is 0.322. The first kappa shape index (κ1) is 14.8. The van der Waals surface area contributed by atoms with Crippen molar-refractivity contribution < 1.29 is 14.6 Å². The van der Waals surface area contributed by atoms with Gasteiger partial charge in [0.25, 0.3) is 5.91 Å². The first-order valence-corrected chi connectivity index (χ1v) is 7.16. The number of rotatable bonds is 4. The highest BCUT2D eigenvalue weighted by atomic mass is 16.5. The molecule has 0 unspecified atom stereocenters. The summed E-state index contributed by atoms with van der Waals surface area (Å²) in [7, 11) is 1.55. The smallest absolute Gasteiger partial charge is 0.255 e. The van der Waals surface area contributed by atoms with Gasteiger partial charge in [-0.05, 0) is 28.5 Å². The summed E-state index contributed by atoms with van der Waals surface area (Å²) >= 11 is 0. The molecule has 2 N–H and O–H groups in total. The van der Waals surface area contributed by atoms with Gasteiger partial charge < -0.3 is 15.2 Å². The van der Waals surface area contributed by atoms with Gasteiger partial charge in [-0.1, -0.05) is 30.3 Å². The van der Waals surface area contributed by atoms with Crippen molar-refractivity contribution in [2.75, 3.05) is 7.11 Å². The molecule has 0 atom stereocenters. The van der Waals surface area contributed by atoms with Crippen LogP contribution < -0.4 is 10.1 Å². The maximum absolute atomic E-state index is 12.3. The normalized spacial score (nSPS) is 10.5. The van der Waals surface area contributed by atoms with Crippen LogP contribution in [-0.2, 0) is 6.54 Å². The zero-order valence-corrected chi connectivity index (χ0v) is 12.6. The molecule has 23 heavy (non-hydrogen) atoms. The molecule has 1 aromatic heterocycles. The summed E-state index contributed by atoms with van der Waals surface area (Å²) < 4.78 is 4.99. The second-order valence-corrected chi connectivity index (χ2v) is 5.11. The molecule has 1 heterocycles. The predicted octanol–water partition coefficient (Wildman–Crippen LogP) is 2.88. The number of aromatic hydroxyl groups is 1. The number of benzene rings is 2. The van der Waals surface area contributed by atoms with Gasteiger partial charge in [-0.3, -0.25) is 4.79 Å². The molecule has 3 aromatic rings. The number of methoxy groups -OCH3 is 1. The van der Waals surface area contributed by atoms with Crippen LogP contribution in [0.4, 0.5) is 0 Å². The lowest BCUT2D eigenvalue weighted by Gasteiger charge is -2.09. The number of nitrogens with one attached hydrogen (secondary N) is 1. The van der Waals surface area contributed by atoms with E-state index in [9.17, 15) is 9.90 Å². The van der Waals surface area contributed by atoms with Crippen LogP contribution in [0, 0.1) is 0 Å². The Morgan fingerprint density at radius 3 is 2.57 bits per heavy atom. The third-order valence-corrected chi connectivity index (χ3v) is 3.57. The van der Waals surface area contributed by atoms with Crippen LogP contribution in [0.15, 0.2) is 54.7 Å². The van der Waals surface area contributed by atoms with Crippen LogP contribution in [-0.4, -0.2) is 23.1 Å². The summed E-state index contributed by atoms with van der Waals surface area (Å²) in [5.74, 6) is 0.158. The number of hydrogen-bond acceptors (Lipinski definition) is 4. The minimum Gasteiger partial charge on any atom is -0.507 e. The van der Waals surface area contributed by atoms with E-state index in [1.165, 1.54) is 0 Å². The van der Waals surface area contributed by atoms with Crippen molar-refractivity contribution in [3.63, 3.8) is 0 Å². The van der Waals surface area contributed by atoms with Crippen molar-refractivity contribution >= 4 is 16.7 Å². The van der Waals surface area contributed by atoms with E-state index in [1.807, 2.05) is 30.3 Å². The van der Waals surface area contributed by atoms with Gasteiger partial charge in [-0.25, -0.2) is 4.98 Å². The summed E-state index contributed by atoms with van der Waals surface area (Å²) in [5.41, 5.74) is 1.10. The third-order valence-electron chi connectivity index (χ3n) is 3.57. The van der Waals surface area contributed by atoms with Crippen LogP contribution >= 0.6 is 0 Å².